The van der Waals surface area contributed by atoms with Crippen molar-refractivity contribution >= 4 is 117 Å². The number of ether oxygens (including phenoxy) is 1. The number of unbranched alkanes of at least 4 members (excludes halogenated alkanes) is 1. The molecule has 1 aliphatic heterocycles. The highest BCUT2D eigenvalue weighted by molar-refractivity contribution is 8.00. The summed E-state index contributed by atoms with van der Waals surface area (Å²) in [7, 11) is 6.79. The number of aromatic nitrogens is 1. The number of phenolic OH excluding ortho intramolecular Hbond substituents is 1. The summed E-state index contributed by atoms with van der Waals surface area (Å²) in [5.74, 6) is -17.0. The largest absolute Gasteiger partial charge is 0.508 e. The molecule has 31 nitrogen and oxygen atoms in total. The van der Waals surface area contributed by atoms with Crippen LogP contribution in [0.15, 0.2) is 170 Å². The number of nitrogens with one attached hydrogen (secondary N) is 7. The van der Waals surface area contributed by atoms with E-state index in [1.807, 2.05) is 6.92 Å². The SMILES string of the molecule is CCCC[C@H]1C(=O)N(C)CC(=O)C[C@@H](COC=O)C(=O)C[C@@H](C(C)C)C(=O)N(C)[C@@H](Cc2ccccc2)C(=O)N[C@@H](Cc2ccc(O)cc2)C(=O)N(C)CC(=O)N[C@@H](Cc2c[nH]c3ccccc23)C(=O)N[C@@H](Cc2ccc(F)cc2)C(=O)N[C@@H](CC(C)C)C(=O)N[C@H](C(=O)CCC(N)=O)CSCC(=O)N[C@@H](Cc2ccccc2)C(=O)N(C)[C@@H](Cc2ccccc2)C(=O)N1C. The van der Waals surface area contributed by atoms with E-state index in [1.54, 1.807) is 149 Å². The van der Waals surface area contributed by atoms with Crippen LogP contribution in [0.3, 0.4) is 0 Å². The summed E-state index contributed by atoms with van der Waals surface area (Å²) < 4.78 is 19.8. The van der Waals surface area contributed by atoms with Crippen molar-refractivity contribution in [2.75, 3.05) is 66.4 Å². The number of phenols is 1. The lowest BCUT2D eigenvalue weighted by molar-refractivity contribution is -0.151. The first-order chi connectivity index (χ1) is 61.5. The zero-order valence-electron chi connectivity index (χ0n) is 74.7. The van der Waals surface area contributed by atoms with Gasteiger partial charge in [-0.3, -0.25) is 76.7 Å². The molecule has 2 heterocycles. The lowest BCUT2D eigenvalue weighted by atomic mass is 9.84. The zero-order valence-corrected chi connectivity index (χ0v) is 75.5. The molecule has 12 amide bonds. The van der Waals surface area contributed by atoms with Crippen LogP contribution in [0.4, 0.5) is 4.39 Å². The smallest absolute Gasteiger partial charge is 0.293 e. The first-order valence-corrected chi connectivity index (χ1v) is 44.5. The molecule has 1 aliphatic rings. The molecule has 6 aromatic carbocycles. The van der Waals surface area contributed by atoms with Gasteiger partial charge in [-0.15, -0.1) is 11.8 Å². The summed E-state index contributed by atoms with van der Waals surface area (Å²) in [6.07, 6.45) is -0.658. The number of halogens is 1. The Morgan fingerprint density at radius 1 is 0.519 bits per heavy atom. The zero-order chi connectivity index (χ0) is 94.1. The number of carbonyl (C=O) groups is 16. The summed E-state index contributed by atoms with van der Waals surface area (Å²) in [5.41, 5.74) is 9.24. The second-order valence-corrected chi connectivity index (χ2v) is 34.7. The van der Waals surface area contributed by atoms with Crippen LogP contribution in [0.1, 0.15) is 119 Å². The van der Waals surface area contributed by atoms with Gasteiger partial charge in [0.1, 0.15) is 72.3 Å². The number of carbonyl (C=O) groups excluding carboxylic acids is 16. The van der Waals surface area contributed by atoms with Crippen molar-refractivity contribution in [2.24, 2.45) is 29.4 Å². The molecule has 0 bridgehead atoms. The Bertz CT molecular complexity index is 5030. The minimum atomic E-state index is -1.62. The molecular weight excluding hydrogens is 1670 g/mol. The Hall–Kier alpha value is -12.9. The maximum Gasteiger partial charge on any atom is 0.293 e. The number of likely N-dealkylation sites (N-methyl/N-ethyl adjacent to an activating group) is 5. The van der Waals surface area contributed by atoms with Crippen molar-refractivity contribution < 1.29 is 90.9 Å². The fraction of sp³-hybridized carbons (Fsp3) is 0.438. The lowest BCUT2D eigenvalue weighted by Gasteiger charge is -2.37. The maximum atomic E-state index is 15.6. The topological polar surface area (TPSA) is 433 Å². The van der Waals surface area contributed by atoms with Crippen molar-refractivity contribution in [1.82, 2.24) is 61.4 Å². The summed E-state index contributed by atoms with van der Waals surface area (Å²) >= 11 is 0.873. The number of hydrogen-bond donors (Lipinski definition) is 9. The van der Waals surface area contributed by atoms with Gasteiger partial charge in [-0.2, -0.15) is 0 Å². The van der Waals surface area contributed by atoms with Crippen LogP contribution >= 0.6 is 11.8 Å². The third-order valence-corrected chi connectivity index (χ3v) is 23.9. The van der Waals surface area contributed by atoms with Crippen molar-refractivity contribution in [3.8, 4) is 5.75 Å². The monoisotopic (exact) mass is 1790 g/mol. The standard InChI is InChI=1S/C96H120FN13O18S/c1-11-12-32-80-95(126)106(6)53-70(113)49-67(55-128-58-111)84(115)51-72(60(4)5)92(123)109(9)81(47-62-26-18-14-19-27-62)91(122)104-77(46-65-35-39-69(112)40-36-65)93(124)107(7)54-86(117)100-76(50-66-52-99-73-31-23-22-30-71(66)73)90(121)103-75(44-64-33-37-68(97)38-34-64)89(120)102-74(43-59(2)3)88(119)105-79(83(114)41-42-85(98)116)56-129-57-87(118)101-78(45-61-24-16-13-17-25-61)94(125)110(10)82(96(127)108(80)8)48-63-28-20-15-21-29-63/h13-31,33-40,52,58-60,67,72,74-82,99,112H,11-12,32,41-51,53-57H2,1-10H3,(H2,98,116)(H,100,117)(H,101,118)(H,102,120)(H,103,121)(H,104,122)(H,105,119)/t67-,72-,74-,75-,76-,77-,78-,79-,80-,81-,82-/m0/s1. The van der Waals surface area contributed by atoms with Gasteiger partial charge in [-0.25, -0.2) is 4.39 Å². The van der Waals surface area contributed by atoms with Crippen LogP contribution in [-0.2, 0) is 120 Å². The number of thioether (sulfide) groups is 1. The number of para-hydroxylation sites is 1. The van der Waals surface area contributed by atoms with Gasteiger partial charge in [-0.05, 0) is 88.4 Å². The van der Waals surface area contributed by atoms with Crippen molar-refractivity contribution in [3.05, 3.63) is 209 Å². The first kappa shape index (κ1) is 101. The number of hydrogen-bond acceptors (Lipinski definition) is 19. The molecule has 33 heteroatoms. The highest BCUT2D eigenvalue weighted by atomic mass is 32.2. The normalized spacial score (nSPS) is 22.0. The molecular formula is C96H120FN13O18S. The molecule has 0 unspecified atom stereocenters. The summed E-state index contributed by atoms with van der Waals surface area (Å²) in [6, 6.07) is 30.9. The van der Waals surface area contributed by atoms with E-state index in [1.165, 1.54) is 81.4 Å². The number of fused-ring (bicyclic) bond motifs is 1. The van der Waals surface area contributed by atoms with Gasteiger partial charge in [0, 0.05) is 128 Å². The number of nitrogens with two attached hydrogens (primary N) is 1. The molecule has 0 aliphatic carbocycles. The quantitative estimate of drug-likeness (QED) is 0.0302. The van der Waals surface area contributed by atoms with Crippen LogP contribution in [0.5, 0.6) is 5.75 Å². The minimum Gasteiger partial charge on any atom is -0.508 e. The average molecular weight is 1800 g/mol. The van der Waals surface area contributed by atoms with Crippen molar-refractivity contribution in [3.63, 3.8) is 0 Å². The number of aromatic amines is 1. The highest BCUT2D eigenvalue weighted by Gasteiger charge is 2.42. The molecule has 690 valence electrons. The Morgan fingerprint density at radius 2 is 1.02 bits per heavy atom. The van der Waals surface area contributed by atoms with E-state index >= 15 is 38.4 Å². The number of H-pyrrole nitrogens is 1. The predicted octanol–water partition coefficient (Wildman–Crippen LogP) is 5.87. The van der Waals surface area contributed by atoms with E-state index in [-0.39, 0.29) is 75.3 Å². The molecule has 7 aromatic rings. The Morgan fingerprint density at radius 3 is 1.60 bits per heavy atom. The summed E-state index contributed by atoms with van der Waals surface area (Å²) in [4.78, 5) is 244. The van der Waals surface area contributed by atoms with E-state index in [9.17, 15) is 47.9 Å². The van der Waals surface area contributed by atoms with E-state index in [0.29, 0.717) is 57.1 Å². The molecule has 8 rings (SSSR count). The van der Waals surface area contributed by atoms with Crippen LogP contribution in [0.2, 0.25) is 0 Å². The number of rotatable bonds is 25. The van der Waals surface area contributed by atoms with E-state index < -0.39 is 217 Å². The molecule has 10 N–H and O–H groups in total. The number of benzene rings is 6. The first-order valence-electron chi connectivity index (χ1n) is 43.3. The third kappa shape index (κ3) is 30.9. The molecule has 0 spiro atoms. The van der Waals surface area contributed by atoms with Gasteiger partial charge in [-0.1, -0.05) is 181 Å². The number of Topliss-reactive ketones (excluding diaryl/α,β-unsaturated/α-hetero) is 3. The highest BCUT2D eigenvalue weighted by Crippen LogP contribution is 2.28. The van der Waals surface area contributed by atoms with Gasteiger partial charge in [0.15, 0.2) is 11.6 Å². The second-order valence-electron chi connectivity index (χ2n) is 33.7. The maximum absolute atomic E-state index is 15.6. The van der Waals surface area contributed by atoms with Gasteiger partial charge in [0.25, 0.3) is 6.47 Å². The molecule has 129 heavy (non-hydrogen) atoms. The third-order valence-electron chi connectivity index (χ3n) is 22.9. The molecule has 1 saturated heterocycles. The number of nitrogens with zero attached hydrogens (tertiary/aromatic N) is 5. The lowest BCUT2D eigenvalue weighted by Crippen LogP contribution is -2.59. The second kappa shape index (κ2) is 50.0. The van der Waals surface area contributed by atoms with Crippen LogP contribution in [0, 0.1) is 29.5 Å². The van der Waals surface area contributed by atoms with Gasteiger partial charge in [0.05, 0.1) is 30.8 Å². The molecule has 0 radical (unpaired) electrons. The molecule has 1 aromatic heterocycles. The van der Waals surface area contributed by atoms with Crippen LogP contribution in [0.25, 0.3) is 10.9 Å². The van der Waals surface area contributed by atoms with Gasteiger partial charge < -0.3 is 77.0 Å². The fourth-order valence-electron chi connectivity index (χ4n) is 15.5. The summed E-state index contributed by atoms with van der Waals surface area (Å²) in [6.45, 7) is 6.83. The van der Waals surface area contributed by atoms with Crippen LogP contribution in [-0.4, -0.2) is 250 Å². The molecule has 11 atom stereocenters. The van der Waals surface area contributed by atoms with Gasteiger partial charge in [0.2, 0.25) is 70.9 Å². The average Bonchev–Trinajstić information content (AvgIpc) is 1.80. The van der Waals surface area contributed by atoms with Gasteiger partial charge >= 0.3 is 0 Å². The number of primary amides is 1. The number of ketones is 3. The predicted molar refractivity (Wildman–Crippen MR) is 484 cm³/mol. The Kier molecular flexibility index (Phi) is 39.3. The fourth-order valence-corrected chi connectivity index (χ4v) is 16.4. The minimum absolute atomic E-state index is 0.0798. The van der Waals surface area contributed by atoms with E-state index in [2.05, 4.69) is 36.9 Å². The van der Waals surface area contributed by atoms with Crippen molar-refractivity contribution in [2.45, 2.75) is 179 Å². The number of amides is 12. The molecule has 1 fully saturated rings. The van der Waals surface area contributed by atoms with Crippen molar-refractivity contribution in [1.29, 1.82) is 0 Å². The van der Waals surface area contributed by atoms with E-state index in [4.69, 9.17) is 10.5 Å². The van der Waals surface area contributed by atoms with E-state index in [0.717, 1.165) is 38.6 Å². The van der Waals surface area contributed by atoms with Crippen LogP contribution < -0.4 is 37.6 Å². The summed E-state index contributed by atoms with van der Waals surface area (Å²) in [5, 5.41) is 27.7. The molecule has 0 saturated carbocycles. The Labute approximate surface area is 755 Å². The number of aromatic hydroxyl groups is 1. The Balaban J connectivity index is 1.21.